The molecule has 1 aromatic heterocycles. The normalized spacial score (nSPS) is 16.7. The third kappa shape index (κ3) is 1.93. The van der Waals surface area contributed by atoms with Gasteiger partial charge in [-0.1, -0.05) is 42.5 Å². The number of phenols is 1. The van der Waals surface area contributed by atoms with Gasteiger partial charge in [0, 0.05) is 18.2 Å². The second-order valence-corrected chi connectivity index (χ2v) is 5.61. The topological polar surface area (TPSA) is 69.2 Å². The molecule has 1 atom stereocenters. The molecule has 0 aliphatic carbocycles. The molecule has 114 valence electrons. The Kier molecular flexibility index (Phi) is 2.94. The first kappa shape index (κ1) is 13.6. The number of carbonyl (C=O) groups excluding carboxylic acids is 1. The van der Waals surface area contributed by atoms with Gasteiger partial charge in [0.15, 0.2) is 0 Å². The molecule has 2 N–H and O–H groups in total. The van der Waals surface area contributed by atoms with E-state index in [2.05, 4.69) is 10.2 Å². The van der Waals surface area contributed by atoms with E-state index in [1.807, 2.05) is 36.4 Å². The van der Waals surface area contributed by atoms with Crippen molar-refractivity contribution < 1.29 is 9.90 Å². The second-order valence-electron chi connectivity index (χ2n) is 5.61. The van der Waals surface area contributed by atoms with Crippen molar-refractivity contribution in [2.45, 2.75) is 6.04 Å². The van der Waals surface area contributed by atoms with E-state index in [4.69, 9.17) is 0 Å². The fourth-order valence-corrected chi connectivity index (χ4v) is 3.17. The summed E-state index contributed by atoms with van der Waals surface area (Å²) in [7, 11) is 1.78. The Labute approximate surface area is 133 Å². The Hall–Kier alpha value is -3.08. The average Bonchev–Trinajstić information content (AvgIpc) is 3.09. The molecular weight excluding hydrogens is 290 g/mol. The molecular formula is C18H15N3O2. The molecule has 1 amide bonds. The molecule has 0 spiro atoms. The summed E-state index contributed by atoms with van der Waals surface area (Å²) in [5.41, 5.74) is 3.55. The number of H-pyrrole nitrogens is 1. The van der Waals surface area contributed by atoms with E-state index in [1.54, 1.807) is 30.1 Å². The highest BCUT2D eigenvalue weighted by Crippen LogP contribution is 2.43. The molecule has 23 heavy (non-hydrogen) atoms. The number of rotatable bonds is 2. The minimum absolute atomic E-state index is 0.0944. The number of hydrogen-bond donors (Lipinski definition) is 2. The number of amides is 1. The van der Waals surface area contributed by atoms with Crippen LogP contribution in [0, 0.1) is 0 Å². The number of carbonyl (C=O) groups is 1. The van der Waals surface area contributed by atoms with Crippen LogP contribution in [0.4, 0.5) is 0 Å². The lowest BCUT2D eigenvalue weighted by Gasteiger charge is -2.21. The minimum atomic E-state index is -0.216. The summed E-state index contributed by atoms with van der Waals surface area (Å²) in [4.78, 5) is 14.2. The molecule has 0 bridgehead atoms. The third-order valence-corrected chi connectivity index (χ3v) is 4.27. The predicted molar refractivity (Wildman–Crippen MR) is 86.1 cm³/mol. The molecule has 3 aromatic rings. The molecule has 0 fully saturated rings. The number of phenolic OH excluding ortho intramolecular Hbond substituents is 1. The van der Waals surface area contributed by atoms with Gasteiger partial charge in [-0.3, -0.25) is 9.89 Å². The highest BCUT2D eigenvalue weighted by atomic mass is 16.3. The number of nitrogens with one attached hydrogen (secondary N) is 1. The molecule has 5 nitrogen and oxygen atoms in total. The van der Waals surface area contributed by atoms with Crippen LogP contribution in [0.25, 0.3) is 11.3 Å². The van der Waals surface area contributed by atoms with Gasteiger partial charge in [0.25, 0.3) is 5.91 Å². The van der Waals surface area contributed by atoms with Crippen LogP contribution in [0.15, 0.2) is 54.6 Å². The van der Waals surface area contributed by atoms with Crippen molar-refractivity contribution in [1.29, 1.82) is 0 Å². The monoisotopic (exact) mass is 305 g/mol. The van der Waals surface area contributed by atoms with Gasteiger partial charge in [-0.2, -0.15) is 5.10 Å². The summed E-state index contributed by atoms with van der Waals surface area (Å²) >= 11 is 0. The maximum atomic E-state index is 12.5. The number of hydrogen-bond acceptors (Lipinski definition) is 3. The van der Waals surface area contributed by atoms with Crippen LogP contribution in [0.3, 0.4) is 0 Å². The van der Waals surface area contributed by atoms with Crippen molar-refractivity contribution in [1.82, 2.24) is 15.1 Å². The number of para-hydroxylation sites is 1. The van der Waals surface area contributed by atoms with E-state index in [9.17, 15) is 9.90 Å². The Balaban J connectivity index is 1.94. The number of aromatic nitrogens is 2. The zero-order valence-corrected chi connectivity index (χ0v) is 12.5. The fourth-order valence-electron chi connectivity index (χ4n) is 3.17. The van der Waals surface area contributed by atoms with Crippen molar-refractivity contribution in [3.8, 4) is 17.0 Å². The lowest BCUT2D eigenvalue weighted by molar-refractivity contribution is 0.0788. The van der Waals surface area contributed by atoms with Gasteiger partial charge in [0.1, 0.15) is 17.1 Å². The van der Waals surface area contributed by atoms with E-state index < -0.39 is 0 Å². The Morgan fingerprint density at radius 1 is 1.09 bits per heavy atom. The van der Waals surface area contributed by atoms with Gasteiger partial charge in [0.05, 0.1) is 6.04 Å². The quantitative estimate of drug-likeness (QED) is 0.765. The zero-order valence-electron chi connectivity index (χ0n) is 12.5. The predicted octanol–water partition coefficient (Wildman–Crippen LogP) is 2.96. The highest BCUT2D eigenvalue weighted by Gasteiger charge is 2.40. The maximum Gasteiger partial charge on any atom is 0.272 e. The maximum absolute atomic E-state index is 12.5. The number of aromatic hydroxyl groups is 1. The van der Waals surface area contributed by atoms with Gasteiger partial charge < -0.3 is 10.0 Å². The van der Waals surface area contributed by atoms with Crippen LogP contribution in [0.5, 0.6) is 5.75 Å². The van der Waals surface area contributed by atoms with Crippen molar-refractivity contribution >= 4 is 5.91 Å². The molecule has 2 heterocycles. The first-order valence-corrected chi connectivity index (χ1v) is 7.37. The molecule has 0 radical (unpaired) electrons. The molecule has 4 rings (SSSR count). The van der Waals surface area contributed by atoms with Crippen LogP contribution in [-0.2, 0) is 0 Å². The molecule has 5 heteroatoms. The lowest BCUT2D eigenvalue weighted by atomic mass is 9.96. The first-order valence-electron chi connectivity index (χ1n) is 7.37. The zero-order chi connectivity index (χ0) is 16.0. The molecule has 0 saturated heterocycles. The van der Waals surface area contributed by atoms with Crippen molar-refractivity contribution in [2.24, 2.45) is 0 Å². The summed E-state index contributed by atoms with van der Waals surface area (Å²) in [6, 6.07) is 16.6. The Morgan fingerprint density at radius 3 is 2.52 bits per heavy atom. The molecule has 2 aromatic carbocycles. The Bertz CT molecular complexity index is 886. The average molecular weight is 305 g/mol. The SMILES string of the molecule is CN1C(=O)c2[nH]nc(-c3ccccc3O)c2[C@@H]1c1ccccc1. The molecule has 0 saturated carbocycles. The first-order chi connectivity index (χ1) is 11.2. The number of fused-ring (bicyclic) bond motifs is 1. The van der Waals surface area contributed by atoms with Crippen LogP contribution in [0.1, 0.15) is 27.7 Å². The van der Waals surface area contributed by atoms with Crippen molar-refractivity contribution in [2.75, 3.05) is 7.05 Å². The number of benzene rings is 2. The molecule has 1 aliphatic heterocycles. The van der Waals surface area contributed by atoms with E-state index in [0.29, 0.717) is 17.0 Å². The summed E-state index contributed by atoms with van der Waals surface area (Å²) in [5, 5.41) is 17.3. The van der Waals surface area contributed by atoms with Gasteiger partial charge in [-0.15, -0.1) is 0 Å². The minimum Gasteiger partial charge on any atom is -0.507 e. The Morgan fingerprint density at radius 2 is 1.78 bits per heavy atom. The van der Waals surface area contributed by atoms with Gasteiger partial charge in [-0.25, -0.2) is 0 Å². The fraction of sp³-hybridized carbons (Fsp3) is 0.111. The van der Waals surface area contributed by atoms with Gasteiger partial charge >= 0.3 is 0 Å². The number of nitrogens with zero attached hydrogens (tertiary/aromatic N) is 2. The van der Waals surface area contributed by atoms with Crippen molar-refractivity contribution in [3.05, 3.63) is 71.4 Å². The van der Waals surface area contributed by atoms with E-state index in [0.717, 1.165) is 11.1 Å². The summed E-state index contributed by atoms with van der Waals surface area (Å²) in [5.74, 6) is 0.0543. The van der Waals surface area contributed by atoms with Crippen LogP contribution >= 0.6 is 0 Å². The largest absolute Gasteiger partial charge is 0.507 e. The standard InChI is InChI=1S/C18H15N3O2/c1-21-17(11-7-3-2-4-8-11)14-15(19-20-16(14)18(21)23)12-9-5-6-10-13(12)22/h2-10,17,22H,1H3,(H,19,20)/t17-/m0/s1. The van der Waals surface area contributed by atoms with Crippen molar-refractivity contribution in [3.63, 3.8) is 0 Å². The molecule has 0 unspecified atom stereocenters. The van der Waals surface area contributed by atoms with E-state index in [1.165, 1.54) is 0 Å². The second kappa shape index (κ2) is 4.98. The summed E-state index contributed by atoms with van der Waals surface area (Å²) in [6.45, 7) is 0. The van der Waals surface area contributed by atoms with Crippen LogP contribution < -0.4 is 0 Å². The van der Waals surface area contributed by atoms with Gasteiger partial charge in [0.2, 0.25) is 0 Å². The smallest absolute Gasteiger partial charge is 0.272 e. The van der Waals surface area contributed by atoms with Crippen LogP contribution in [0.2, 0.25) is 0 Å². The lowest BCUT2D eigenvalue weighted by Crippen LogP contribution is -2.24. The van der Waals surface area contributed by atoms with Gasteiger partial charge in [-0.05, 0) is 17.7 Å². The highest BCUT2D eigenvalue weighted by molar-refractivity contribution is 6.00. The van der Waals surface area contributed by atoms with E-state index in [-0.39, 0.29) is 17.7 Å². The number of aromatic amines is 1. The van der Waals surface area contributed by atoms with Crippen LogP contribution in [-0.4, -0.2) is 33.2 Å². The third-order valence-electron chi connectivity index (χ3n) is 4.27. The molecule has 1 aliphatic rings. The summed E-state index contributed by atoms with van der Waals surface area (Å²) < 4.78 is 0. The summed E-state index contributed by atoms with van der Waals surface area (Å²) in [6.07, 6.45) is 0. The van der Waals surface area contributed by atoms with E-state index >= 15 is 0 Å².